The third kappa shape index (κ3) is 3.04. The van der Waals surface area contributed by atoms with E-state index in [-0.39, 0.29) is 0 Å². The zero-order valence-electron chi connectivity index (χ0n) is 9.28. The number of imidazole rings is 1. The highest BCUT2D eigenvalue weighted by atomic mass is 16.5. The predicted molar refractivity (Wildman–Crippen MR) is 58.6 cm³/mol. The molecule has 1 aliphatic rings. The highest BCUT2D eigenvalue weighted by Crippen LogP contribution is 2.15. The fraction of sp³-hybridized carbons (Fsp3) is 0.727. The molecule has 15 heavy (non-hydrogen) atoms. The van der Waals surface area contributed by atoms with Crippen LogP contribution in [-0.2, 0) is 17.8 Å². The molecular weight excluding hydrogens is 190 g/mol. The summed E-state index contributed by atoms with van der Waals surface area (Å²) in [4.78, 5) is 4.31. The standard InChI is InChI=1S/C11H19N3O/c1-12-7-10-8-14(9-13-10)5-4-11-3-2-6-15-11/h8-9,11-12H,2-7H2,1H3. The molecule has 0 aliphatic carbocycles. The SMILES string of the molecule is CNCc1cn(CCC2CCCO2)cn1. The van der Waals surface area contributed by atoms with Gasteiger partial charge in [-0.1, -0.05) is 0 Å². The molecule has 1 N–H and O–H groups in total. The molecule has 2 rings (SSSR count). The summed E-state index contributed by atoms with van der Waals surface area (Å²) < 4.78 is 7.73. The Bertz CT molecular complexity index is 292. The lowest BCUT2D eigenvalue weighted by Crippen LogP contribution is -2.09. The smallest absolute Gasteiger partial charge is 0.0949 e. The molecule has 1 aromatic rings. The molecule has 1 atom stereocenters. The third-order valence-electron chi connectivity index (χ3n) is 2.78. The molecule has 1 saturated heterocycles. The van der Waals surface area contributed by atoms with Crippen LogP contribution in [0.1, 0.15) is 25.0 Å². The lowest BCUT2D eigenvalue weighted by Gasteiger charge is -2.08. The molecule has 0 spiro atoms. The number of ether oxygens (including phenoxy) is 1. The highest BCUT2D eigenvalue weighted by Gasteiger charge is 2.14. The first-order valence-corrected chi connectivity index (χ1v) is 5.65. The summed E-state index contributed by atoms with van der Waals surface area (Å²) in [6.07, 6.45) is 8.03. The summed E-state index contributed by atoms with van der Waals surface area (Å²) in [6.45, 7) is 2.80. The van der Waals surface area contributed by atoms with Gasteiger partial charge in [0.2, 0.25) is 0 Å². The highest BCUT2D eigenvalue weighted by molar-refractivity contribution is 4.95. The number of hydrogen-bond donors (Lipinski definition) is 1. The molecule has 0 aromatic carbocycles. The Morgan fingerprint density at radius 2 is 2.60 bits per heavy atom. The molecule has 0 radical (unpaired) electrons. The minimum atomic E-state index is 0.472. The molecule has 0 saturated carbocycles. The van der Waals surface area contributed by atoms with Crippen LogP contribution in [0.3, 0.4) is 0 Å². The van der Waals surface area contributed by atoms with E-state index in [1.165, 1.54) is 12.8 Å². The van der Waals surface area contributed by atoms with Crippen LogP contribution < -0.4 is 5.32 Å². The first-order valence-electron chi connectivity index (χ1n) is 5.65. The normalized spacial score (nSPS) is 21.0. The Morgan fingerprint density at radius 1 is 1.67 bits per heavy atom. The van der Waals surface area contributed by atoms with Crippen molar-refractivity contribution in [1.29, 1.82) is 0 Å². The Kier molecular flexibility index (Phi) is 3.75. The summed E-state index contributed by atoms with van der Waals surface area (Å²) in [5.41, 5.74) is 1.10. The average Bonchev–Trinajstić information content (AvgIpc) is 2.85. The lowest BCUT2D eigenvalue weighted by atomic mass is 10.2. The number of nitrogens with one attached hydrogen (secondary N) is 1. The van der Waals surface area contributed by atoms with Crippen molar-refractivity contribution >= 4 is 0 Å². The van der Waals surface area contributed by atoms with E-state index in [9.17, 15) is 0 Å². The number of aryl methyl sites for hydroxylation is 1. The molecule has 84 valence electrons. The van der Waals surface area contributed by atoms with Crippen molar-refractivity contribution in [3.63, 3.8) is 0 Å². The van der Waals surface area contributed by atoms with Gasteiger partial charge in [-0.15, -0.1) is 0 Å². The molecule has 1 aromatic heterocycles. The molecule has 4 nitrogen and oxygen atoms in total. The minimum Gasteiger partial charge on any atom is -0.378 e. The monoisotopic (exact) mass is 209 g/mol. The zero-order valence-corrected chi connectivity index (χ0v) is 9.28. The van der Waals surface area contributed by atoms with Gasteiger partial charge in [-0.25, -0.2) is 4.98 Å². The second-order valence-corrected chi connectivity index (χ2v) is 4.06. The van der Waals surface area contributed by atoms with Gasteiger partial charge in [-0.3, -0.25) is 0 Å². The number of aromatic nitrogens is 2. The molecule has 4 heteroatoms. The van der Waals surface area contributed by atoms with Gasteiger partial charge < -0.3 is 14.6 Å². The number of nitrogens with zero attached hydrogens (tertiary/aromatic N) is 2. The van der Waals surface area contributed by atoms with E-state index in [2.05, 4.69) is 21.1 Å². The Hall–Kier alpha value is -0.870. The van der Waals surface area contributed by atoms with Gasteiger partial charge in [0.25, 0.3) is 0 Å². The minimum absolute atomic E-state index is 0.472. The molecular formula is C11H19N3O. The second kappa shape index (κ2) is 5.28. The molecule has 2 heterocycles. The fourth-order valence-electron chi connectivity index (χ4n) is 1.97. The average molecular weight is 209 g/mol. The topological polar surface area (TPSA) is 39.1 Å². The number of hydrogen-bond acceptors (Lipinski definition) is 3. The van der Waals surface area contributed by atoms with E-state index in [1.807, 2.05) is 13.4 Å². The number of rotatable bonds is 5. The van der Waals surface area contributed by atoms with Crippen LogP contribution in [-0.4, -0.2) is 29.3 Å². The molecule has 1 aliphatic heterocycles. The van der Waals surface area contributed by atoms with Crippen LogP contribution in [0.25, 0.3) is 0 Å². The van der Waals surface area contributed by atoms with Crippen LogP contribution in [0, 0.1) is 0 Å². The van der Waals surface area contributed by atoms with Gasteiger partial charge in [0.15, 0.2) is 0 Å². The maximum absolute atomic E-state index is 5.58. The van der Waals surface area contributed by atoms with Crippen molar-refractivity contribution in [2.24, 2.45) is 0 Å². The van der Waals surface area contributed by atoms with E-state index in [0.29, 0.717) is 6.10 Å². The summed E-state index contributed by atoms with van der Waals surface area (Å²) in [6, 6.07) is 0. The summed E-state index contributed by atoms with van der Waals surface area (Å²) >= 11 is 0. The molecule has 0 bridgehead atoms. The first kappa shape index (κ1) is 10.6. The second-order valence-electron chi connectivity index (χ2n) is 4.06. The van der Waals surface area contributed by atoms with E-state index >= 15 is 0 Å². The third-order valence-corrected chi connectivity index (χ3v) is 2.78. The van der Waals surface area contributed by atoms with Crippen molar-refractivity contribution in [1.82, 2.24) is 14.9 Å². The summed E-state index contributed by atoms with van der Waals surface area (Å²) in [7, 11) is 1.94. The van der Waals surface area contributed by atoms with E-state index in [4.69, 9.17) is 4.74 Å². The Morgan fingerprint density at radius 3 is 3.33 bits per heavy atom. The maximum atomic E-state index is 5.58. The van der Waals surface area contributed by atoms with Crippen LogP contribution >= 0.6 is 0 Å². The molecule has 0 amide bonds. The molecule has 1 fully saturated rings. The van der Waals surface area contributed by atoms with Crippen molar-refractivity contribution in [3.05, 3.63) is 18.2 Å². The van der Waals surface area contributed by atoms with Gasteiger partial charge in [0, 0.05) is 25.9 Å². The summed E-state index contributed by atoms with van der Waals surface area (Å²) in [5, 5.41) is 3.09. The largest absolute Gasteiger partial charge is 0.378 e. The van der Waals surface area contributed by atoms with Crippen molar-refractivity contribution in [3.8, 4) is 0 Å². The fourth-order valence-corrected chi connectivity index (χ4v) is 1.97. The maximum Gasteiger partial charge on any atom is 0.0949 e. The van der Waals surface area contributed by atoms with Crippen molar-refractivity contribution in [2.75, 3.05) is 13.7 Å². The van der Waals surface area contributed by atoms with Gasteiger partial charge >= 0.3 is 0 Å². The quantitative estimate of drug-likeness (QED) is 0.791. The van der Waals surface area contributed by atoms with Crippen LogP contribution in [0.5, 0.6) is 0 Å². The van der Waals surface area contributed by atoms with Gasteiger partial charge in [-0.05, 0) is 26.3 Å². The van der Waals surface area contributed by atoms with E-state index in [0.717, 1.165) is 31.8 Å². The van der Waals surface area contributed by atoms with Gasteiger partial charge in [0.1, 0.15) is 0 Å². The van der Waals surface area contributed by atoms with Gasteiger partial charge in [0.05, 0.1) is 18.1 Å². The zero-order chi connectivity index (χ0) is 10.5. The predicted octanol–water partition coefficient (Wildman–Crippen LogP) is 1.17. The van der Waals surface area contributed by atoms with E-state index < -0.39 is 0 Å². The van der Waals surface area contributed by atoms with Crippen molar-refractivity contribution in [2.45, 2.75) is 38.5 Å². The Labute approximate surface area is 90.6 Å². The van der Waals surface area contributed by atoms with Crippen LogP contribution in [0.2, 0.25) is 0 Å². The van der Waals surface area contributed by atoms with Gasteiger partial charge in [-0.2, -0.15) is 0 Å². The Balaban J connectivity index is 1.77. The first-order chi connectivity index (χ1) is 7.38. The van der Waals surface area contributed by atoms with Crippen molar-refractivity contribution < 1.29 is 4.74 Å². The van der Waals surface area contributed by atoms with Crippen LogP contribution in [0.15, 0.2) is 12.5 Å². The molecule has 1 unspecified atom stereocenters. The summed E-state index contributed by atoms with van der Waals surface area (Å²) in [5.74, 6) is 0. The lowest BCUT2D eigenvalue weighted by molar-refractivity contribution is 0.100. The van der Waals surface area contributed by atoms with E-state index in [1.54, 1.807) is 0 Å². The van der Waals surface area contributed by atoms with Crippen LogP contribution in [0.4, 0.5) is 0 Å².